The van der Waals surface area contributed by atoms with Crippen LogP contribution in [0.25, 0.3) is 11.1 Å². The van der Waals surface area contributed by atoms with Crippen molar-refractivity contribution in [2.75, 3.05) is 5.32 Å². The summed E-state index contributed by atoms with van der Waals surface area (Å²) >= 11 is 0. The normalized spacial score (nSPS) is 10.6. The zero-order chi connectivity index (χ0) is 20.1. The fraction of sp³-hybridized carbons (Fsp3) is 0.115. The molecule has 1 N–H and O–H groups in total. The Kier molecular flexibility index (Phi) is 5.57. The molecule has 144 valence electrons. The van der Waals surface area contributed by atoms with Gasteiger partial charge >= 0.3 is 0 Å². The number of anilines is 1. The second-order valence-corrected chi connectivity index (χ2v) is 7.13. The predicted molar refractivity (Wildman–Crippen MR) is 119 cm³/mol. The zero-order valence-electron chi connectivity index (χ0n) is 16.7. The Labute approximate surface area is 172 Å². The summed E-state index contributed by atoms with van der Waals surface area (Å²) in [5.41, 5.74) is 7.18. The lowest BCUT2D eigenvalue weighted by molar-refractivity contribution is 0.482. The summed E-state index contributed by atoms with van der Waals surface area (Å²) in [6, 6.07) is 26.7. The van der Waals surface area contributed by atoms with Gasteiger partial charge in [0.25, 0.3) is 0 Å². The van der Waals surface area contributed by atoms with Gasteiger partial charge in [0.1, 0.15) is 11.5 Å². The van der Waals surface area contributed by atoms with Crippen LogP contribution in [-0.4, -0.2) is 4.98 Å². The van der Waals surface area contributed by atoms with Gasteiger partial charge < -0.3 is 10.1 Å². The Morgan fingerprint density at radius 1 is 0.759 bits per heavy atom. The third-order valence-electron chi connectivity index (χ3n) is 4.94. The summed E-state index contributed by atoms with van der Waals surface area (Å²) in [7, 11) is 0. The van der Waals surface area contributed by atoms with Crippen LogP contribution in [0, 0.1) is 13.8 Å². The molecule has 0 aliphatic heterocycles. The third kappa shape index (κ3) is 4.64. The van der Waals surface area contributed by atoms with Gasteiger partial charge in [-0.2, -0.15) is 0 Å². The number of benzene rings is 3. The van der Waals surface area contributed by atoms with Crippen molar-refractivity contribution in [3.63, 3.8) is 0 Å². The van der Waals surface area contributed by atoms with Crippen molar-refractivity contribution >= 4 is 5.69 Å². The van der Waals surface area contributed by atoms with E-state index in [1.807, 2.05) is 42.6 Å². The monoisotopic (exact) mass is 380 g/mol. The highest BCUT2D eigenvalue weighted by atomic mass is 16.5. The summed E-state index contributed by atoms with van der Waals surface area (Å²) in [6.45, 7) is 5.01. The molecule has 29 heavy (non-hydrogen) atoms. The van der Waals surface area contributed by atoms with Crippen molar-refractivity contribution in [3.05, 3.63) is 108 Å². The standard InChI is InChI=1S/C26H24N2O/c1-19-6-3-4-8-25(19)26-14-13-24(16-20(26)2)29-23-11-9-22(10-12-23)28-18-21-7-5-15-27-17-21/h3-17,28H,18H2,1-2H3. The minimum Gasteiger partial charge on any atom is -0.457 e. The molecular formula is C26H24N2O. The molecule has 0 aliphatic rings. The molecule has 0 spiro atoms. The minimum atomic E-state index is 0.744. The van der Waals surface area contributed by atoms with Gasteiger partial charge in [0, 0.05) is 24.6 Å². The van der Waals surface area contributed by atoms with Crippen LogP contribution >= 0.6 is 0 Å². The molecule has 4 rings (SSSR count). The van der Waals surface area contributed by atoms with Crippen LogP contribution in [-0.2, 0) is 6.54 Å². The first-order valence-electron chi connectivity index (χ1n) is 9.76. The largest absolute Gasteiger partial charge is 0.457 e. The van der Waals surface area contributed by atoms with Crippen molar-refractivity contribution < 1.29 is 4.74 Å². The van der Waals surface area contributed by atoms with Crippen LogP contribution in [0.3, 0.4) is 0 Å². The van der Waals surface area contributed by atoms with Crippen LogP contribution in [0.5, 0.6) is 11.5 Å². The minimum absolute atomic E-state index is 0.744. The van der Waals surface area contributed by atoms with Crippen molar-refractivity contribution in [3.8, 4) is 22.6 Å². The van der Waals surface area contributed by atoms with Gasteiger partial charge in [0.05, 0.1) is 0 Å². The highest BCUT2D eigenvalue weighted by Gasteiger charge is 2.07. The first kappa shape index (κ1) is 18.8. The Morgan fingerprint density at radius 3 is 2.24 bits per heavy atom. The van der Waals surface area contributed by atoms with E-state index in [9.17, 15) is 0 Å². The molecule has 3 heteroatoms. The molecule has 3 aromatic carbocycles. The topological polar surface area (TPSA) is 34.1 Å². The quantitative estimate of drug-likeness (QED) is 0.401. The summed E-state index contributed by atoms with van der Waals surface area (Å²) in [4.78, 5) is 4.14. The van der Waals surface area contributed by atoms with E-state index >= 15 is 0 Å². The molecule has 0 bridgehead atoms. The molecule has 4 aromatic rings. The Morgan fingerprint density at radius 2 is 1.52 bits per heavy atom. The molecule has 1 aromatic heterocycles. The number of rotatable bonds is 6. The van der Waals surface area contributed by atoms with Crippen molar-refractivity contribution in [2.45, 2.75) is 20.4 Å². The fourth-order valence-corrected chi connectivity index (χ4v) is 3.36. The first-order chi connectivity index (χ1) is 14.2. The molecule has 3 nitrogen and oxygen atoms in total. The Bertz CT molecular complexity index is 1090. The number of hydrogen-bond donors (Lipinski definition) is 1. The van der Waals surface area contributed by atoms with Gasteiger partial charge in [0.2, 0.25) is 0 Å². The summed E-state index contributed by atoms with van der Waals surface area (Å²) in [5.74, 6) is 1.66. The summed E-state index contributed by atoms with van der Waals surface area (Å²) < 4.78 is 6.06. The highest BCUT2D eigenvalue weighted by molar-refractivity contribution is 5.71. The van der Waals surface area contributed by atoms with E-state index < -0.39 is 0 Å². The van der Waals surface area contributed by atoms with Crippen LogP contribution in [0.15, 0.2) is 91.3 Å². The lowest BCUT2D eigenvalue weighted by atomic mass is 9.96. The predicted octanol–water partition coefficient (Wildman–Crippen LogP) is 6.77. The number of hydrogen-bond acceptors (Lipinski definition) is 3. The number of nitrogens with one attached hydrogen (secondary N) is 1. The van der Waals surface area contributed by atoms with Gasteiger partial charge in [-0.1, -0.05) is 36.4 Å². The van der Waals surface area contributed by atoms with E-state index in [4.69, 9.17) is 4.74 Å². The molecule has 0 unspecified atom stereocenters. The zero-order valence-corrected chi connectivity index (χ0v) is 16.7. The number of aryl methyl sites for hydroxylation is 2. The number of pyridine rings is 1. The average molecular weight is 380 g/mol. The molecule has 0 amide bonds. The van der Waals surface area contributed by atoms with Gasteiger partial charge in [-0.3, -0.25) is 4.98 Å². The van der Waals surface area contributed by atoms with Gasteiger partial charge in [0.15, 0.2) is 0 Å². The summed E-state index contributed by atoms with van der Waals surface area (Å²) in [5, 5.41) is 3.40. The molecule has 0 saturated carbocycles. The van der Waals surface area contributed by atoms with E-state index in [2.05, 4.69) is 66.6 Å². The molecular weight excluding hydrogens is 356 g/mol. The second kappa shape index (κ2) is 8.61. The first-order valence-corrected chi connectivity index (χ1v) is 9.76. The highest BCUT2D eigenvalue weighted by Crippen LogP contribution is 2.31. The van der Waals surface area contributed by atoms with Gasteiger partial charge in [-0.15, -0.1) is 0 Å². The molecule has 1 heterocycles. The smallest absolute Gasteiger partial charge is 0.127 e. The van der Waals surface area contributed by atoms with E-state index in [-0.39, 0.29) is 0 Å². The number of nitrogens with zero attached hydrogens (tertiary/aromatic N) is 1. The Balaban J connectivity index is 1.43. The Hall–Kier alpha value is -3.59. The van der Waals surface area contributed by atoms with Gasteiger partial charge in [-0.25, -0.2) is 0 Å². The van der Waals surface area contributed by atoms with Crippen LogP contribution < -0.4 is 10.1 Å². The molecule has 0 radical (unpaired) electrons. The third-order valence-corrected chi connectivity index (χ3v) is 4.94. The lowest BCUT2D eigenvalue weighted by Crippen LogP contribution is -1.99. The van der Waals surface area contributed by atoms with E-state index in [0.29, 0.717) is 0 Å². The fourth-order valence-electron chi connectivity index (χ4n) is 3.36. The molecule has 0 fully saturated rings. The summed E-state index contributed by atoms with van der Waals surface area (Å²) in [6.07, 6.45) is 3.65. The maximum absolute atomic E-state index is 6.06. The van der Waals surface area contributed by atoms with Crippen molar-refractivity contribution in [2.24, 2.45) is 0 Å². The number of ether oxygens (including phenoxy) is 1. The van der Waals surface area contributed by atoms with E-state index in [1.165, 1.54) is 22.3 Å². The van der Waals surface area contributed by atoms with Crippen LogP contribution in [0.4, 0.5) is 5.69 Å². The molecule has 0 aliphatic carbocycles. The van der Waals surface area contributed by atoms with Crippen LogP contribution in [0.1, 0.15) is 16.7 Å². The molecule has 0 atom stereocenters. The number of aromatic nitrogens is 1. The van der Waals surface area contributed by atoms with Crippen LogP contribution in [0.2, 0.25) is 0 Å². The van der Waals surface area contributed by atoms with Gasteiger partial charge in [-0.05, 0) is 84.1 Å². The maximum Gasteiger partial charge on any atom is 0.127 e. The van der Waals surface area contributed by atoms with Crippen molar-refractivity contribution in [1.82, 2.24) is 4.98 Å². The van der Waals surface area contributed by atoms with E-state index in [0.717, 1.165) is 29.3 Å². The second-order valence-electron chi connectivity index (χ2n) is 7.13. The lowest BCUT2D eigenvalue weighted by Gasteiger charge is -2.12. The van der Waals surface area contributed by atoms with Crippen molar-refractivity contribution in [1.29, 1.82) is 0 Å². The average Bonchev–Trinajstić information content (AvgIpc) is 2.75. The van der Waals surface area contributed by atoms with E-state index in [1.54, 1.807) is 6.20 Å². The SMILES string of the molecule is Cc1ccccc1-c1ccc(Oc2ccc(NCc3cccnc3)cc2)cc1C. The molecule has 0 saturated heterocycles. The maximum atomic E-state index is 6.06.